The molecule has 8 heteroatoms. The van der Waals surface area contributed by atoms with Crippen LogP contribution in [0.25, 0.3) is 11.1 Å². The van der Waals surface area contributed by atoms with E-state index in [9.17, 15) is 14.4 Å². The molecule has 0 heterocycles. The van der Waals surface area contributed by atoms with Gasteiger partial charge in [0.15, 0.2) is 0 Å². The van der Waals surface area contributed by atoms with E-state index in [1.165, 1.54) is 0 Å². The molecular weight excluding hydrogens is 689 g/mol. The van der Waals surface area contributed by atoms with E-state index in [1.54, 1.807) is 31.4 Å². The third kappa shape index (κ3) is 8.29. The molecule has 0 radical (unpaired) electrons. The quantitative estimate of drug-likeness (QED) is 0.0910. The second-order valence-corrected chi connectivity index (χ2v) is 13.1. The number of benzene rings is 6. The SMILES string of the molecule is C.COc1ccc(COC(=O)[C@@H](CC(=O)NC(c2ccccc2)(c2ccccc2)c2ccccc2)NC(=O)OCC2c3ccccc3-c3ccccc32)cc1. The molecule has 0 aliphatic heterocycles. The van der Waals surface area contributed by atoms with Gasteiger partial charge in [-0.1, -0.05) is 159 Å². The van der Waals surface area contributed by atoms with Crippen LogP contribution in [0.2, 0.25) is 0 Å². The summed E-state index contributed by atoms with van der Waals surface area (Å²) >= 11 is 0. The van der Waals surface area contributed by atoms with Crippen LogP contribution in [0.1, 0.15) is 53.1 Å². The highest BCUT2D eigenvalue weighted by molar-refractivity contribution is 5.89. The number of carbonyl (C=O) groups is 3. The molecule has 55 heavy (non-hydrogen) atoms. The fourth-order valence-corrected chi connectivity index (χ4v) is 7.18. The molecule has 0 unspecified atom stereocenters. The predicted octanol–water partition coefficient (Wildman–Crippen LogP) is 8.78. The van der Waals surface area contributed by atoms with Crippen LogP contribution in [0.15, 0.2) is 164 Å². The first kappa shape index (κ1) is 38.1. The van der Waals surface area contributed by atoms with Crippen molar-refractivity contribution in [2.45, 2.75) is 38.0 Å². The number of hydrogen-bond donors (Lipinski definition) is 2. The Balaban J connectivity index is 0.00000514. The number of rotatable bonds is 13. The Morgan fingerprint density at radius 1 is 0.618 bits per heavy atom. The highest BCUT2D eigenvalue weighted by Gasteiger charge is 2.39. The minimum Gasteiger partial charge on any atom is -0.497 e. The first-order valence-electron chi connectivity index (χ1n) is 17.8. The molecule has 1 aliphatic carbocycles. The summed E-state index contributed by atoms with van der Waals surface area (Å²) in [5.74, 6) is -0.790. The third-order valence-electron chi connectivity index (χ3n) is 9.80. The number of alkyl carbamates (subject to hydrolysis) is 1. The summed E-state index contributed by atoms with van der Waals surface area (Å²) in [6.45, 7) is -0.0336. The van der Waals surface area contributed by atoms with Crippen LogP contribution in [0, 0.1) is 0 Å². The number of methoxy groups -OCH3 is 1. The number of nitrogens with one attached hydrogen (secondary N) is 2. The number of esters is 1. The Kier molecular flexibility index (Phi) is 12.1. The van der Waals surface area contributed by atoms with E-state index < -0.39 is 36.0 Å². The van der Waals surface area contributed by atoms with E-state index in [0.717, 1.165) is 38.9 Å². The van der Waals surface area contributed by atoms with Gasteiger partial charge in [0.2, 0.25) is 5.91 Å². The molecule has 0 fully saturated rings. The van der Waals surface area contributed by atoms with E-state index in [-0.39, 0.29) is 26.6 Å². The highest BCUT2D eigenvalue weighted by Crippen LogP contribution is 2.44. The van der Waals surface area contributed by atoms with Crippen LogP contribution in [0.3, 0.4) is 0 Å². The molecule has 0 saturated heterocycles. The zero-order valence-electron chi connectivity index (χ0n) is 29.8. The summed E-state index contributed by atoms with van der Waals surface area (Å²) in [7, 11) is 1.57. The maximum atomic E-state index is 14.3. The van der Waals surface area contributed by atoms with Crippen molar-refractivity contribution in [3.8, 4) is 16.9 Å². The van der Waals surface area contributed by atoms with Crippen LogP contribution in [0.4, 0.5) is 4.79 Å². The maximum absolute atomic E-state index is 14.3. The van der Waals surface area contributed by atoms with Gasteiger partial charge in [-0.3, -0.25) is 4.79 Å². The molecule has 0 spiro atoms. The zero-order chi connectivity index (χ0) is 37.3. The molecule has 0 aromatic heterocycles. The second-order valence-electron chi connectivity index (χ2n) is 13.1. The lowest BCUT2D eigenvalue weighted by atomic mass is 9.77. The van der Waals surface area contributed by atoms with E-state index >= 15 is 0 Å². The van der Waals surface area contributed by atoms with Gasteiger partial charge in [-0.2, -0.15) is 0 Å². The molecule has 0 saturated carbocycles. The summed E-state index contributed by atoms with van der Waals surface area (Å²) in [6.07, 6.45) is -1.25. The summed E-state index contributed by atoms with van der Waals surface area (Å²) in [6, 6.07) is 50.8. The highest BCUT2D eigenvalue weighted by atomic mass is 16.6. The lowest BCUT2D eigenvalue weighted by molar-refractivity contribution is -0.149. The third-order valence-corrected chi connectivity index (χ3v) is 9.80. The number of amides is 2. The van der Waals surface area contributed by atoms with Crippen molar-refractivity contribution < 1.29 is 28.6 Å². The first-order chi connectivity index (χ1) is 26.5. The number of fused-ring (bicyclic) bond motifs is 3. The molecule has 6 aromatic carbocycles. The molecule has 6 aromatic rings. The monoisotopic (exact) mass is 732 g/mol. The fourth-order valence-electron chi connectivity index (χ4n) is 7.18. The van der Waals surface area contributed by atoms with Gasteiger partial charge < -0.3 is 24.8 Å². The Morgan fingerprint density at radius 3 is 1.58 bits per heavy atom. The molecule has 1 atom stereocenters. The van der Waals surface area contributed by atoms with Crippen molar-refractivity contribution in [2.75, 3.05) is 13.7 Å². The number of carbonyl (C=O) groups excluding carboxylic acids is 3. The molecule has 278 valence electrons. The van der Waals surface area contributed by atoms with Gasteiger partial charge in [0, 0.05) is 5.92 Å². The first-order valence-corrected chi connectivity index (χ1v) is 17.8. The standard InChI is InChI=1S/C46H40N2O6.CH4/c1-52-36-27-25-32(26-28-36)30-53-44(50)42(47-45(51)54-31-41-39-23-13-11-21-37(39)38-22-12-14-24-40(38)41)29-43(49)48-46(33-15-5-2-6-16-33,34-17-7-3-8-18-34)35-19-9-4-10-20-35;/h2-28,41-42H,29-31H2,1H3,(H,47,51)(H,48,49);1H4/t42-;/m1./s1. The van der Waals surface area contributed by atoms with Crippen molar-refractivity contribution in [3.05, 3.63) is 197 Å². The lowest BCUT2D eigenvalue weighted by Crippen LogP contribution is -2.51. The number of ether oxygens (including phenoxy) is 3. The lowest BCUT2D eigenvalue weighted by Gasteiger charge is -2.37. The van der Waals surface area contributed by atoms with E-state index in [2.05, 4.69) is 22.8 Å². The van der Waals surface area contributed by atoms with Crippen molar-refractivity contribution in [2.24, 2.45) is 0 Å². The van der Waals surface area contributed by atoms with Gasteiger partial charge >= 0.3 is 12.1 Å². The minimum absolute atomic E-state index is 0. The van der Waals surface area contributed by atoms with Gasteiger partial charge in [0.25, 0.3) is 0 Å². The molecule has 2 N–H and O–H groups in total. The van der Waals surface area contributed by atoms with Gasteiger partial charge in [0.05, 0.1) is 13.5 Å². The van der Waals surface area contributed by atoms with Crippen molar-refractivity contribution >= 4 is 18.0 Å². The fraction of sp³-hybridized carbons (Fsp3) is 0.170. The van der Waals surface area contributed by atoms with Crippen molar-refractivity contribution in [1.82, 2.24) is 10.6 Å². The van der Waals surface area contributed by atoms with Crippen LogP contribution in [0.5, 0.6) is 5.75 Å². The van der Waals surface area contributed by atoms with Gasteiger partial charge in [0.1, 0.15) is 30.5 Å². The average molecular weight is 733 g/mol. The number of hydrogen-bond acceptors (Lipinski definition) is 6. The smallest absolute Gasteiger partial charge is 0.407 e. The normalized spacial score (nSPS) is 12.2. The Morgan fingerprint density at radius 2 is 1.09 bits per heavy atom. The largest absolute Gasteiger partial charge is 0.497 e. The Bertz CT molecular complexity index is 2070. The van der Waals surface area contributed by atoms with Crippen LogP contribution >= 0.6 is 0 Å². The minimum atomic E-state index is -1.36. The predicted molar refractivity (Wildman–Crippen MR) is 213 cm³/mol. The molecule has 0 bridgehead atoms. The van der Waals surface area contributed by atoms with Crippen LogP contribution in [-0.2, 0) is 31.2 Å². The molecule has 7 rings (SSSR count). The van der Waals surface area contributed by atoms with Crippen molar-refractivity contribution in [1.29, 1.82) is 0 Å². The van der Waals surface area contributed by atoms with E-state index in [1.807, 2.05) is 127 Å². The van der Waals surface area contributed by atoms with Gasteiger partial charge in [-0.15, -0.1) is 0 Å². The summed E-state index contributed by atoms with van der Waals surface area (Å²) in [4.78, 5) is 41.6. The van der Waals surface area contributed by atoms with Crippen molar-refractivity contribution in [3.63, 3.8) is 0 Å². The van der Waals surface area contributed by atoms with E-state index in [4.69, 9.17) is 14.2 Å². The molecule has 1 aliphatic rings. The van der Waals surface area contributed by atoms with E-state index in [0.29, 0.717) is 11.3 Å². The summed E-state index contributed by atoms with van der Waals surface area (Å²) in [5.41, 5.74) is 6.35. The molecule has 8 nitrogen and oxygen atoms in total. The van der Waals surface area contributed by atoms with Crippen LogP contribution in [-0.4, -0.2) is 37.7 Å². The Hall–Kier alpha value is -6.67. The molecule has 2 amide bonds. The second kappa shape index (κ2) is 17.4. The Labute approximate surface area is 322 Å². The summed E-state index contributed by atoms with van der Waals surface area (Å²) in [5, 5.41) is 5.93. The maximum Gasteiger partial charge on any atom is 0.407 e. The molecular formula is C47H44N2O6. The zero-order valence-corrected chi connectivity index (χ0v) is 29.8. The van der Waals surface area contributed by atoms with Gasteiger partial charge in [-0.25, -0.2) is 9.59 Å². The van der Waals surface area contributed by atoms with Crippen LogP contribution < -0.4 is 15.4 Å². The topological polar surface area (TPSA) is 103 Å². The summed E-state index contributed by atoms with van der Waals surface area (Å²) < 4.78 is 16.7. The average Bonchev–Trinajstić information content (AvgIpc) is 3.55. The van der Waals surface area contributed by atoms with Gasteiger partial charge in [-0.05, 0) is 56.6 Å².